The van der Waals surface area contributed by atoms with E-state index in [9.17, 15) is 4.79 Å². The average Bonchev–Trinajstić information content (AvgIpc) is 2.66. The van der Waals surface area contributed by atoms with E-state index in [-0.39, 0.29) is 5.69 Å². The Bertz CT molecular complexity index is 414. The summed E-state index contributed by atoms with van der Waals surface area (Å²) in [5.41, 5.74) is 0.0456. The lowest BCUT2D eigenvalue weighted by Crippen LogP contribution is -2.33. The van der Waals surface area contributed by atoms with Gasteiger partial charge < -0.3 is 10.0 Å². The van der Waals surface area contributed by atoms with Crippen LogP contribution < -0.4 is 4.90 Å². The van der Waals surface area contributed by atoms with Gasteiger partial charge in [0.2, 0.25) is 0 Å². The van der Waals surface area contributed by atoms with Crippen LogP contribution in [0.1, 0.15) is 49.0 Å². The Morgan fingerprint density at radius 3 is 2.44 bits per heavy atom. The van der Waals surface area contributed by atoms with Gasteiger partial charge in [0.15, 0.2) is 11.5 Å². The molecule has 1 aromatic heterocycles. The fourth-order valence-electron chi connectivity index (χ4n) is 2.56. The zero-order valence-electron chi connectivity index (χ0n) is 10.7. The third-order valence-electron chi connectivity index (χ3n) is 3.59. The summed E-state index contributed by atoms with van der Waals surface area (Å²) in [5.74, 6) is -0.532. The number of aromatic carboxylic acids is 1. The summed E-state index contributed by atoms with van der Waals surface area (Å²) >= 11 is 0. The second-order valence-electron chi connectivity index (χ2n) is 4.79. The molecule has 98 valence electrons. The number of carboxylic acids is 1. The third kappa shape index (κ3) is 2.78. The van der Waals surface area contributed by atoms with Crippen LogP contribution in [0.25, 0.3) is 0 Å². The van der Waals surface area contributed by atoms with Crippen molar-refractivity contribution in [1.29, 1.82) is 0 Å². The average molecular weight is 249 g/mol. The predicted molar refractivity (Wildman–Crippen MR) is 68.9 cm³/mol. The lowest BCUT2D eigenvalue weighted by Gasteiger charge is -2.28. The molecule has 0 aromatic carbocycles. The van der Waals surface area contributed by atoms with Crippen LogP contribution in [0.3, 0.4) is 0 Å². The molecular formula is C13H19N3O2. The summed E-state index contributed by atoms with van der Waals surface area (Å²) in [4.78, 5) is 21.2. The first-order chi connectivity index (χ1) is 8.70. The first-order valence-electron chi connectivity index (χ1n) is 6.47. The van der Waals surface area contributed by atoms with Crippen molar-refractivity contribution in [1.82, 2.24) is 9.97 Å². The molecule has 0 atom stereocenters. The summed E-state index contributed by atoms with van der Waals surface area (Å²) in [6, 6.07) is 0.377. The quantitative estimate of drug-likeness (QED) is 0.833. The van der Waals surface area contributed by atoms with Gasteiger partial charge in [0.1, 0.15) is 0 Å². The molecule has 0 saturated heterocycles. The number of carbonyl (C=O) groups is 1. The highest BCUT2D eigenvalue weighted by Crippen LogP contribution is 2.25. The number of nitrogens with zero attached hydrogens (tertiary/aromatic N) is 3. The Hall–Kier alpha value is -1.65. The van der Waals surface area contributed by atoms with Gasteiger partial charge >= 0.3 is 5.97 Å². The lowest BCUT2D eigenvalue weighted by molar-refractivity contribution is 0.0690. The molecule has 0 radical (unpaired) electrons. The Balaban J connectivity index is 2.21. The Labute approximate surface area is 107 Å². The van der Waals surface area contributed by atoms with Gasteiger partial charge in [0.05, 0.1) is 0 Å². The van der Waals surface area contributed by atoms with Gasteiger partial charge in [-0.05, 0) is 12.8 Å². The van der Waals surface area contributed by atoms with Crippen molar-refractivity contribution in [3.63, 3.8) is 0 Å². The highest BCUT2D eigenvalue weighted by atomic mass is 16.4. The molecule has 1 aromatic rings. The van der Waals surface area contributed by atoms with Crippen LogP contribution in [-0.2, 0) is 0 Å². The Morgan fingerprint density at radius 2 is 1.83 bits per heavy atom. The summed E-state index contributed by atoms with van der Waals surface area (Å²) in [7, 11) is 1.92. The molecule has 1 N–H and O–H groups in total. The fraction of sp³-hybridized carbons (Fsp3) is 0.615. The molecule has 5 nitrogen and oxygen atoms in total. The van der Waals surface area contributed by atoms with Gasteiger partial charge in [0.25, 0.3) is 0 Å². The first kappa shape index (κ1) is 12.8. The SMILES string of the molecule is CN(c1nccnc1C(=O)O)C1CCCCCC1. The van der Waals surface area contributed by atoms with Gasteiger partial charge in [-0.1, -0.05) is 25.7 Å². The standard InChI is InChI=1S/C13H19N3O2/c1-16(10-6-4-2-3-5-7-10)12-11(13(17)18)14-8-9-15-12/h8-10H,2-7H2,1H3,(H,17,18). The van der Waals surface area contributed by atoms with Gasteiger partial charge in [0, 0.05) is 25.5 Å². The van der Waals surface area contributed by atoms with Crippen LogP contribution in [0.15, 0.2) is 12.4 Å². The molecule has 0 amide bonds. The van der Waals surface area contributed by atoms with Crippen LogP contribution in [0.4, 0.5) is 5.82 Å². The minimum Gasteiger partial charge on any atom is -0.476 e. The van der Waals surface area contributed by atoms with Gasteiger partial charge in [-0.15, -0.1) is 0 Å². The van der Waals surface area contributed by atoms with Crippen molar-refractivity contribution in [2.45, 2.75) is 44.6 Å². The smallest absolute Gasteiger partial charge is 0.358 e. The lowest BCUT2D eigenvalue weighted by atomic mass is 10.1. The molecule has 0 bridgehead atoms. The molecule has 1 aliphatic rings. The molecule has 1 saturated carbocycles. The maximum atomic E-state index is 11.1. The van der Waals surface area contributed by atoms with Gasteiger partial charge in [-0.3, -0.25) is 0 Å². The van der Waals surface area contributed by atoms with Crippen LogP contribution in [0, 0.1) is 0 Å². The molecular weight excluding hydrogens is 230 g/mol. The number of rotatable bonds is 3. The highest BCUT2D eigenvalue weighted by Gasteiger charge is 2.23. The highest BCUT2D eigenvalue weighted by molar-refractivity contribution is 5.90. The molecule has 1 fully saturated rings. The van der Waals surface area contributed by atoms with Crippen molar-refractivity contribution in [3.8, 4) is 0 Å². The second-order valence-corrected chi connectivity index (χ2v) is 4.79. The van der Waals surface area contributed by atoms with Crippen molar-refractivity contribution < 1.29 is 9.90 Å². The predicted octanol–water partition coefficient (Wildman–Crippen LogP) is 2.33. The molecule has 18 heavy (non-hydrogen) atoms. The molecule has 5 heteroatoms. The van der Waals surface area contributed by atoms with E-state index in [0.717, 1.165) is 12.8 Å². The molecule has 1 heterocycles. The Kier molecular flexibility index (Phi) is 4.12. The molecule has 1 aliphatic carbocycles. The van der Waals surface area contributed by atoms with E-state index in [0.29, 0.717) is 11.9 Å². The maximum Gasteiger partial charge on any atom is 0.358 e. The molecule has 2 rings (SSSR count). The van der Waals surface area contributed by atoms with Crippen LogP contribution in [-0.4, -0.2) is 34.1 Å². The van der Waals surface area contributed by atoms with E-state index < -0.39 is 5.97 Å². The second kappa shape index (κ2) is 5.80. The largest absolute Gasteiger partial charge is 0.476 e. The van der Waals surface area contributed by atoms with E-state index in [4.69, 9.17) is 5.11 Å². The van der Waals surface area contributed by atoms with E-state index >= 15 is 0 Å². The minimum atomic E-state index is -1.02. The van der Waals surface area contributed by atoms with Crippen molar-refractivity contribution in [3.05, 3.63) is 18.1 Å². The fourth-order valence-corrected chi connectivity index (χ4v) is 2.56. The monoisotopic (exact) mass is 249 g/mol. The van der Waals surface area contributed by atoms with Crippen molar-refractivity contribution in [2.75, 3.05) is 11.9 Å². The molecule has 0 spiro atoms. The summed E-state index contributed by atoms with van der Waals surface area (Å²) in [6.45, 7) is 0. The molecule has 0 aliphatic heterocycles. The van der Waals surface area contributed by atoms with Crippen LogP contribution in [0.2, 0.25) is 0 Å². The van der Waals surface area contributed by atoms with Gasteiger partial charge in [-0.2, -0.15) is 0 Å². The number of hydrogen-bond acceptors (Lipinski definition) is 4. The number of carboxylic acid groups (broad SMARTS) is 1. The zero-order valence-corrected chi connectivity index (χ0v) is 10.7. The zero-order chi connectivity index (χ0) is 13.0. The molecule has 0 unspecified atom stereocenters. The normalized spacial score (nSPS) is 17.2. The third-order valence-corrected chi connectivity index (χ3v) is 3.59. The minimum absolute atomic E-state index is 0.0456. The maximum absolute atomic E-state index is 11.1. The van der Waals surface area contributed by atoms with E-state index in [1.165, 1.54) is 31.9 Å². The van der Waals surface area contributed by atoms with Crippen molar-refractivity contribution >= 4 is 11.8 Å². The summed E-state index contributed by atoms with van der Waals surface area (Å²) < 4.78 is 0. The van der Waals surface area contributed by atoms with Gasteiger partial charge in [-0.25, -0.2) is 14.8 Å². The Morgan fingerprint density at radius 1 is 1.22 bits per heavy atom. The van der Waals surface area contributed by atoms with Crippen molar-refractivity contribution in [2.24, 2.45) is 0 Å². The van der Waals surface area contributed by atoms with Crippen LogP contribution in [0.5, 0.6) is 0 Å². The first-order valence-corrected chi connectivity index (χ1v) is 6.47. The van der Waals surface area contributed by atoms with E-state index in [1.807, 2.05) is 11.9 Å². The number of anilines is 1. The number of hydrogen-bond donors (Lipinski definition) is 1. The van der Waals surface area contributed by atoms with E-state index in [1.54, 1.807) is 6.20 Å². The topological polar surface area (TPSA) is 66.3 Å². The number of aromatic nitrogens is 2. The summed E-state index contributed by atoms with van der Waals surface area (Å²) in [5, 5.41) is 9.14. The van der Waals surface area contributed by atoms with Crippen LogP contribution >= 0.6 is 0 Å². The van der Waals surface area contributed by atoms with E-state index in [2.05, 4.69) is 9.97 Å². The summed E-state index contributed by atoms with van der Waals surface area (Å²) in [6.07, 6.45) is 10.1.